The van der Waals surface area contributed by atoms with Gasteiger partial charge < -0.3 is 43.2 Å². The van der Waals surface area contributed by atoms with Crippen molar-refractivity contribution in [1.29, 1.82) is 0 Å². The zero-order valence-corrected chi connectivity index (χ0v) is 37.1. The molecule has 0 fully saturated rings. The van der Waals surface area contributed by atoms with Crippen molar-refractivity contribution < 1.29 is 57.4 Å². The highest BCUT2D eigenvalue weighted by Gasteiger charge is 2.22. The van der Waals surface area contributed by atoms with Gasteiger partial charge >= 0.3 is 11.9 Å². The van der Waals surface area contributed by atoms with Gasteiger partial charge in [0.25, 0.3) is 7.82 Å². The minimum Gasteiger partial charge on any atom is -0.756 e. The SMILES string of the molecule is CC/C=C\C/C=C\C/C=C\C/C=C\CCCCC(=O)O[C@H](COC(=O)CCC[C@H](O)[C@@H](O)\C=C/C=C\C=C\C=C\[C@H](O)C/C=C\CC)COP(=O)([O-])OCC[N+](C)(C)C. The Morgan fingerprint density at radius 1 is 0.678 bits per heavy atom. The summed E-state index contributed by atoms with van der Waals surface area (Å²) in [7, 11) is 0.923. The molecule has 0 spiro atoms. The molecule has 0 rings (SSSR count). The van der Waals surface area contributed by atoms with Crippen molar-refractivity contribution in [3.63, 3.8) is 0 Å². The summed E-state index contributed by atoms with van der Waals surface area (Å²) in [6.45, 7) is 3.42. The van der Waals surface area contributed by atoms with E-state index in [1.54, 1.807) is 42.5 Å². The number of phosphoric ester groups is 1. The first kappa shape index (κ1) is 55.5. The Kier molecular flexibility index (Phi) is 34.3. The Bertz CT molecular complexity index is 1420. The molecule has 0 bridgehead atoms. The molecular formula is C46H74NO11P. The van der Waals surface area contributed by atoms with Gasteiger partial charge in [-0.1, -0.05) is 123 Å². The molecule has 0 aliphatic rings. The number of hydrogen-bond acceptors (Lipinski definition) is 11. The third-order valence-corrected chi connectivity index (χ3v) is 9.10. The topological polar surface area (TPSA) is 172 Å². The molecule has 0 aromatic heterocycles. The molecule has 0 aliphatic heterocycles. The predicted molar refractivity (Wildman–Crippen MR) is 235 cm³/mol. The number of quaternary nitrogens is 1. The number of likely N-dealkylation sites (N-methyl/N-ethyl adjacent to an activating group) is 1. The van der Waals surface area contributed by atoms with Crippen LogP contribution in [0, 0.1) is 0 Å². The molecule has 0 heterocycles. The first-order valence-corrected chi connectivity index (χ1v) is 22.4. The molecular weight excluding hydrogens is 773 g/mol. The Balaban J connectivity index is 4.81. The maximum absolute atomic E-state index is 12.7. The summed E-state index contributed by atoms with van der Waals surface area (Å²) in [5.74, 6) is -1.23. The smallest absolute Gasteiger partial charge is 0.306 e. The van der Waals surface area contributed by atoms with Gasteiger partial charge in [0.15, 0.2) is 6.10 Å². The van der Waals surface area contributed by atoms with Crippen LogP contribution < -0.4 is 4.89 Å². The first-order chi connectivity index (χ1) is 28.2. The second-order valence-corrected chi connectivity index (χ2v) is 16.2. The van der Waals surface area contributed by atoms with E-state index in [1.165, 1.54) is 6.08 Å². The summed E-state index contributed by atoms with van der Waals surface area (Å²) in [5.41, 5.74) is 0. The quantitative estimate of drug-likeness (QED) is 0.0142. The molecule has 0 aromatic rings. The van der Waals surface area contributed by atoms with Gasteiger partial charge in [-0.15, -0.1) is 0 Å². The fraction of sp³-hybridized carbons (Fsp3) is 0.565. The van der Waals surface area contributed by atoms with Crippen LogP contribution >= 0.6 is 7.82 Å². The fourth-order valence-electron chi connectivity index (χ4n) is 4.75. The van der Waals surface area contributed by atoms with Crippen LogP contribution in [0.25, 0.3) is 0 Å². The van der Waals surface area contributed by atoms with Gasteiger partial charge in [-0.2, -0.15) is 0 Å². The third kappa shape index (κ3) is 38.5. The van der Waals surface area contributed by atoms with Crippen LogP contribution in [-0.4, -0.2) is 104 Å². The van der Waals surface area contributed by atoms with E-state index < -0.39 is 57.4 Å². The van der Waals surface area contributed by atoms with Gasteiger partial charge in [0, 0.05) is 12.8 Å². The Hall–Kier alpha value is -3.45. The summed E-state index contributed by atoms with van der Waals surface area (Å²) in [6, 6.07) is 0. The highest BCUT2D eigenvalue weighted by atomic mass is 31.2. The van der Waals surface area contributed by atoms with Crippen molar-refractivity contribution in [2.24, 2.45) is 0 Å². The van der Waals surface area contributed by atoms with Crippen molar-refractivity contribution in [3.05, 3.63) is 109 Å². The van der Waals surface area contributed by atoms with Crippen LogP contribution in [0.3, 0.4) is 0 Å². The van der Waals surface area contributed by atoms with Gasteiger partial charge in [-0.3, -0.25) is 14.2 Å². The molecule has 0 radical (unpaired) electrons. The average molecular weight is 848 g/mol. The van der Waals surface area contributed by atoms with E-state index in [2.05, 4.69) is 55.5 Å². The number of allylic oxidation sites excluding steroid dienone is 15. The number of aliphatic hydroxyl groups is 3. The van der Waals surface area contributed by atoms with Crippen LogP contribution in [0.4, 0.5) is 0 Å². The van der Waals surface area contributed by atoms with E-state index in [0.717, 1.165) is 44.9 Å². The number of carbonyl (C=O) groups excluding carboxylic acids is 2. The number of esters is 2. The van der Waals surface area contributed by atoms with Crippen molar-refractivity contribution in [2.75, 3.05) is 47.5 Å². The highest BCUT2D eigenvalue weighted by molar-refractivity contribution is 7.45. The zero-order valence-electron chi connectivity index (χ0n) is 36.2. The van der Waals surface area contributed by atoms with Gasteiger partial charge in [0.05, 0.1) is 46.1 Å². The van der Waals surface area contributed by atoms with Crippen molar-refractivity contribution in [2.45, 2.75) is 122 Å². The zero-order chi connectivity index (χ0) is 44.0. The van der Waals surface area contributed by atoms with Crippen LogP contribution in [0.2, 0.25) is 0 Å². The average Bonchev–Trinajstić information content (AvgIpc) is 3.17. The lowest BCUT2D eigenvalue weighted by molar-refractivity contribution is -0.870. The molecule has 59 heavy (non-hydrogen) atoms. The number of aliphatic hydroxyl groups excluding tert-OH is 3. The van der Waals surface area contributed by atoms with Crippen molar-refractivity contribution in [3.8, 4) is 0 Å². The maximum Gasteiger partial charge on any atom is 0.306 e. The lowest BCUT2D eigenvalue weighted by atomic mass is 10.1. The summed E-state index contributed by atoms with van der Waals surface area (Å²) in [5, 5.41) is 30.4. The molecule has 5 atom stereocenters. The van der Waals surface area contributed by atoms with Crippen LogP contribution in [0.15, 0.2) is 109 Å². The molecule has 1 unspecified atom stereocenters. The van der Waals surface area contributed by atoms with E-state index in [9.17, 15) is 34.4 Å². The second kappa shape index (κ2) is 36.4. The number of rotatable bonds is 35. The van der Waals surface area contributed by atoms with Crippen LogP contribution in [0.1, 0.15) is 97.3 Å². The minimum atomic E-state index is -4.73. The van der Waals surface area contributed by atoms with E-state index in [4.69, 9.17) is 18.5 Å². The third-order valence-electron chi connectivity index (χ3n) is 8.13. The van der Waals surface area contributed by atoms with Crippen molar-refractivity contribution in [1.82, 2.24) is 0 Å². The number of hydrogen-bond donors (Lipinski definition) is 3. The van der Waals surface area contributed by atoms with Gasteiger partial charge in [-0.05, 0) is 70.6 Å². The number of unbranched alkanes of at least 4 members (excludes halogenated alkanes) is 2. The minimum absolute atomic E-state index is 0.0912. The van der Waals surface area contributed by atoms with Gasteiger partial charge in [0.1, 0.15) is 19.8 Å². The second-order valence-electron chi connectivity index (χ2n) is 14.8. The van der Waals surface area contributed by atoms with E-state index in [1.807, 2.05) is 40.2 Å². The molecule has 0 saturated carbocycles. The molecule has 334 valence electrons. The number of phosphoric acid groups is 1. The summed E-state index contributed by atoms with van der Waals surface area (Å²) >= 11 is 0. The molecule has 0 amide bonds. The Labute approximate surface area is 354 Å². The standard InChI is InChI=1S/C46H74NO11P/c1-6-8-10-11-12-13-14-15-16-17-18-19-20-25-29-35-46(52)58-42(40-57-59(53,54)56-38-37-47(3,4)5)39-55-45(51)36-30-34-44(50)43(49)33-28-24-22-21-23-27-32-41(48)31-26-9-7-2/h8-10,12-13,15-16,18-19,21-24,26-28,32-33,41-44,48-50H,6-7,11,14,17,20,25,29-31,34-40H2,1-5H3/b10-8-,13-12-,16-15-,19-18-,23-21+,24-22-,26-9-,32-27+,33-28-/t41-,42-,43+,44+/m1/s1. The highest BCUT2D eigenvalue weighted by Crippen LogP contribution is 2.38. The summed E-state index contributed by atoms with van der Waals surface area (Å²) in [6.07, 6.45) is 37.9. The fourth-order valence-corrected chi connectivity index (χ4v) is 5.48. The summed E-state index contributed by atoms with van der Waals surface area (Å²) < 4.78 is 33.5. The molecule has 13 heteroatoms. The molecule has 3 N–H and O–H groups in total. The van der Waals surface area contributed by atoms with Crippen LogP contribution in [-0.2, 0) is 32.7 Å². The van der Waals surface area contributed by atoms with Gasteiger partial charge in [-0.25, -0.2) is 0 Å². The largest absolute Gasteiger partial charge is 0.756 e. The lowest BCUT2D eigenvalue weighted by Crippen LogP contribution is -2.37. The van der Waals surface area contributed by atoms with Gasteiger partial charge in [0.2, 0.25) is 0 Å². The van der Waals surface area contributed by atoms with E-state index >= 15 is 0 Å². The van der Waals surface area contributed by atoms with Crippen molar-refractivity contribution >= 4 is 19.8 Å². The molecule has 12 nitrogen and oxygen atoms in total. The Morgan fingerprint density at radius 2 is 1.24 bits per heavy atom. The number of ether oxygens (including phenoxy) is 2. The van der Waals surface area contributed by atoms with Crippen LogP contribution in [0.5, 0.6) is 0 Å². The number of nitrogens with zero attached hydrogens (tertiary/aromatic N) is 1. The normalized spacial score (nSPS) is 16.3. The molecule has 0 saturated heterocycles. The predicted octanol–water partition coefficient (Wildman–Crippen LogP) is 7.85. The monoisotopic (exact) mass is 847 g/mol. The maximum atomic E-state index is 12.7. The Morgan fingerprint density at radius 3 is 1.86 bits per heavy atom. The first-order valence-electron chi connectivity index (χ1n) is 20.9. The summed E-state index contributed by atoms with van der Waals surface area (Å²) in [4.78, 5) is 37.5. The molecule has 0 aliphatic carbocycles. The van der Waals surface area contributed by atoms with E-state index in [-0.39, 0.29) is 32.3 Å². The number of carbonyl (C=O) groups is 2. The molecule has 0 aromatic carbocycles. The van der Waals surface area contributed by atoms with E-state index in [0.29, 0.717) is 23.9 Å². The lowest BCUT2D eigenvalue weighted by Gasteiger charge is -2.28.